The number of nitro benzene ring substituents is 1. The van der Waals surface area contributed by atoms with Crippen LogP contribution in [0.3, 0.4) is 0 Å². The summed E-state index contributed by atoms with van der Waals surface area (Å²) < 4.78 is 5.15. The maximum atomic E-state index is 13.1. The second kappa shape index (κ2) is 8.88. The molecule has 2 heterocycles. The van der Waals surface area contributed by atoms with Crippen LogP contribution in [0.25, 0.3) is 0 Å². The molecule has 1 unspecified atom stereocenters. The van der Waals surface area contributed by atoms with Crippen LogP contribution in [0.1, 0.15) is 66.0 Å². The van der Waals surface area contributed by atoms with Crippen molar-refractivity contribution >= 4 is 40.5 Å². The number of rotatable bonds is 5. The van der Waals surface area contributed by atoms with E-state index in [1.807, 2.05) is 17.5 Å². The molecule has 1 aromatic heterocycles. The van der Waals surface area contributed by atoms with E-state index in [2.05, 4.69) is 0 Å². The van der Waals surface area contributed by atoms with Gasteiger partial charge in [-0.15, -0.1) is 11.3 Å². The number of nitrogens with zero attached hydrogens (tertiary/aromatic N) is 2. The fourth-order valence-corrected chi connectivity index (χ4v) is 5.53. The van der Waals surface area contributed by atoms with Crippen molar-refractivity contribution in [2.45, 2.75) is 18.9 Å². The SMILES string of the molecule is O=C1c2ccccc2C(=O)c2c1ccc(C(=O)OCC(=O)N1CCCC1c1cccs1)c2[N+](=O)[O-]. The van der Waals surface area contributed by atoms with Crippen LogP contribution < -0.4 is 0 Å². The van der Waals surface area contributed by atoms with Crippen molar-refractivity contribution in [2.75, 3.05) is 13.2 Å². The van der Waals surface area contributed by atoms with E-state index in [4.69, 9.17) is 4.74 Å². The van der Waals surface area contributed by atoms with Gasteiger partial charge in [0, 0.05) is 28.1 Å². The predicted octanol–water partition coefficient (Wildman–Crippen LogP) is 3.95. The molecule has 10 heteroatoms. The summed E-state index contributed by atoms with van der Waals surface area (Å²) in [7, 11) is 0. The molecule has 2 aromatic carbocycles. The number of esters is 1. The smallest absolute Gasteiger partial charge is 0.345 e. The standard InChI is InChI=1S/C25H18N2O7S/c28-20(26-11-3-7-18(26)19-8-4-12-35-19)13-34-25(31)17-10-9-16-21(22(17)27(32)33)24(30)15-6-2-1-5-14(15)23(16)29/h1-2,4-6,8-10,12,18H,3,7,11,13H2. The minimum Gasteiger partial charge on any atom is -0.452 e. The third-order valence-electron chi connectivity index (χ3n) is 6.24. The van der Waals surface area contributed by atoms with Gasteiger partial charge < -0.3 is 9.64 Å². The lowest BCUT2D eigenvalue weighted by atomic mass is 9.82. The molecular weight excluding hydrogens is 472 g/mol. The molecule has 2 aliphatic rings. The first-order valence-electron chi connectivity index (χ1n) is 10.9. The average Bonchev–Trinajstić information content (AvgIpc) is 3.57. The molecule has 176 valence electrons. The summed E-state index contributed by atoms with van der Waals surface area (Å²) in [6, 6.07) is 12.1. The first-order chi connectivity index (χ1) is 16.9. The molecule has 1 saturated heterocycles. The van der Waals surface area contributed by atoms with E-state index in [9.17, 15) is 29.3 Å². The molecule has 0 saturated carbocycles. The molecule has 1 aliphatic carbocycles. The second-order valence-electron chi connectivity index (χ2n) is 8.18. The van der Waals surface area contributed by atoms with E-state index in [1.165, 1.54) is 18.2 Å². The van der Waals surface area contributed by atoms with Gasteiger partial charge >= 0.3 is 5.97 Å². The first kappa shape index (κ1) is 22.6. The highest BCUT2D eigenvalue weighted by Gasteiger charge is 2.39. The Morgan fingerprint density at radius 1 is 1.03 bits per heavy atom. The number of hydrogen-bond acceptors (Lipinski definition) is 8. The highest BCUT2D eigenvalue weighted by molar-refractivity contribution is 7.10. The van der Waals surface area contributed by atoms with E-state index in [-0.39, 0.29) is 22.7 Å². The molecular formula is C25H18N2O7S. The number of thiophene rings is 1. The van der Waals surface area contributed by atoms with Crippen LogP contribution in [0, 0.1) is 10.1 Å². The number of ketones is 2. The number of carbonyl (C=O) groups excluding carboxylic acids is 4. The van der Waals surface area contributed by atoms with Crippen molar-refractivity contribution in [3.05, 3.63) is 96.7 Å². The Hall–Kier alpha value is -4.18. The highest BCUT2D eigenvalue weighted by atomic mass is 32.1. The molecule has 1 atom stereocenters. The number of ether oxygens (including phenoxy) is 1. The van der Waals surface area contributed by atoms with Gasteiger partial charge in [-0.05, 0) is 36.4 Å². The molecule has 35 heavy (non-hydrogen) atoms. The molecule has 5 rings (SSSR count). The van der Waals surface area contributed by atoms with Crippen LogP contribution in [0.15, 0.2) is 53.9 Å². The fraction of sp³-hybridized carbons (Fsp3) is 0.200. The van der Waals surface area contributed by atoms with Gasteiger partial charge in [0.2, 0.25) is 5.78 Å². The summed E-state index contributed by atoms with van der Waals surface area (Å²) in [5.41, 5.74) is -1.71. The van der Waals surface area contributed by atoms with Crippen LogP contribution in [0.4, 0.5) is 5.69 Å². The largest absolute Gasteiger partial charge is 0.452 e. The minimum absolute atomic E-state index is 0.0300. The molecule has 0 bridgehead atoms. The van der Waals surface area contributed by atoms with Gasteiger partial charge in [-0.25, -0.2) is 4.79 Å². The van der Waals surface area contributed by atoms with Crippen molar-refractivity contribution in [3.8, 4) is 0 Å². The second-order valence-corrected chi connectivity index (χ2v) is 9.16. The molecule has 3 aromatic rings. The lowest BCUT2D eigenvalue weighted by Crippen LogP contribution is -2.34. The summed E-state index contributed by atoms with van der Waals surface area (Å²) in [5, 5.41) is 13.9. The van der Waals surface area contributed by atoms with Gasteiger partial charge in [0.1, 0.15) is 11.1 Å². The minimum atomic E-state index is -1.11. The Morgan fingerprint density at radius 3 is 2.46 bits per heavy atom. The van der Waals surface area contributed by atoms with Crippen molar-refractivity contribution in [1.29, 1.82) is 0 Å². The molecule has 1 aliphatic heterocycles. The summed E-state index contributed by atoms with van der Waals surface area (Å²) in [6.45, 7) is -0.0708. The molecule has 0 N–H and O–H groups in total. The maximum Gasteiger partial charge on any atom is 0.345 e. The zero-order valence-corrected chi connectivity index (χ0v) is 19.1. The normalized spacial score (nSPS) is 16.6. The lowest BCUT2D eigenvalue weighted by Gasteiger charge is -2.23. The highest BCUT2D eigenvalue weighted by Crippen LogP contribution is 2.36. The zero-order valence-electron chi connectivity index (χ0n) is 18.3. The molecule has 0 spiro atoms. The number of nitro groups is 1. The van der Waals surface area contributed by atoms with Gasteiger partial charge in [-0.2, -0.15) is 0 Å². The van der Waals surface area contributed by atoms with E-state index < -0.39 is 51.8 Å². The predicted molar refractivity (Wildman–Crippen MR) is 125 cm³/mol. The van der Waals surface area contributed by atoms with E-state index in [1.54, 1.807) is 28.4 Å². The first-order valence-corrected chi connectivity index (χ1v) is 11.8. The summed E-state index contributed by atoms with van der Waals surface area (Å²) >= 11 is 1.54. The lowest BCUT2D eigenvalue weighted by molar-refractivity contribution is -0.385. The van der Waals surface area contributed by atoms with Gasteiger partial charge in [-0.1, -0.05) is 30.3 Å². The quantitative estimate of drug-likeness (QED) is 0.236. The van der Waals surface area contributed by atoms with E-state index >= 15 is 0 Å². The molecule has 9 nitrogen and oxygen atoms in total. The monoisotopic (exact) mass is 490 g/mol. The zero-order chi connectivity index (χ0) is 24.7. The molecule has 0 radical (unpaired) electrons. The van der Waals surface area contributed by atoms with Gasteiger partial charge in [-0.3, -0.25) is 24.5 Å². The van der Waals surface area contributed by atoms with E-state index in [0.717, 1.165) is 23.8 Å². The number of carbonyl (C=O) groups is 4. The van der Waals surface area contributed by atoms with Crippen LogP contribution >= 0.6 is 11.3 Å². The summed E-state index contributed by atoms with van der Waals surface area (Å²) in [6.07, 6.45) is 1.62. The third kappa shape index (κ3) is 3.81. The summed E-state index contributed by atoms with van der Waals surface area (Å²) in [5.74, 6) is -2.78. The van der Waals surface area contributed by atoms with Crippen LogP contribution in [-0.2, 0) is 9.53 Å². The van der Waals surface area contributed by atoms with Gasteiger partial charge in [0.05, 0.1) is 11.0 Å². The number of amides is 1. The van der Waals surface area contributed by atoms with Crippen molar-refractivity contribution in [2.24, 2.45) is 0 Å². The van der Waals surface area contributed by atoms with Gasteiger partial charge in [0.15, 0.2) is 12.4 Å². The van der Waals surface area contributed by atoms with E-state index in [0.29, 0.717) is 6.54 Å². The third-order valence-corrected chi connectivity index (χ3v) is 7.21. The maximum absolute atomic E-state index is 13.1. The topological polar surface area (TPSA) is 124 Å². The van der Waals surface area contributed by atoms with Gasteiger partial charge in [0.25, 0.3) is 11.6 Å². The number of hydrogen-bond donors (Lipinski definition) is 0. The Balaban J connectivity index is 1.41. The van der Waals surface area contributed by atoms with Crippen LogP contribution in [-0.4, -0.2) is 46.4 Å². The average molecular weight is 490 g/mol. The fourth-order valence-electron chi connectivity index (χ4n) is 4.65. The Kier molecular flexibility index (Phi) is 5.73. The van der Waals surface area contributed by atoms with Crippen molar-refractivity contribution in [3.63, 3.8) is 0 Å². The van der Waals surface area contributed by atoms with Crippen LogP contribution in [0.2, 0.25) is 0 Å². The van der Waals surface area contributed by atoms with Crippen molar-refractivity contribution in [1.82, 2.24) is 4.90 Å². The Labute approximate surface area is 203 Å². The number of likely N-dealkylation sites (tertiary alicyclic amines) is 1. The Morgan fingerprint density at radius 2 is 1.77 bits per heavy atom. The van der Waals surface area contributed by atoms with Crippen molar-refractivity contribution < 1.29 is 28.8 Å². The van der Waals surface area contributed by atoms with Crippen LogP contribution in [0.5, 0.6) is 0 Å². The molecule has 1 fully saturated rings. The number of fused-ring (bicyclic) bond motifs is 2. The number of benzene rings is 2. The molecule has 1 amide bonds. The summed E-state index contributed by atoms with van der Waals surface area (Å²) in [4.78, 5) is 65.3. The Bertz CT molecular complexity index is 1400.